The molecule has 0 aliphatic carbocycles. The highest BCUT2D eigenvalue weighted by Gasteiger charge is 2.15. The van der Waals surface area contributed by atoms with E-state index in [2.05, 4.69) is 20.8 Å². The van der Waals surface area contributed by atoms with Crippen LogP contribution < -0.4 is 10.6 Å². The lowest BCUT2D eigenvalue weighted by Crippen LogP contribution is -2.22. The molecule has 1 heterocycles. The molecule has 2 N–H and O–H groups in total. The number of halogens is 2. The predicted octanol–water partition coefficient (Wildman–Crippen LogP) is 4.36. The highest BCUT2D eigenvalue weighted by Crippen LogP contribution is 2.24. The standard InChI is InChI=1S/C24H23Cl2N5O4S/c1-3-35-23(34)16-8-10-18(26)19(12-16)28-22(33)14-36-24-30-29-20(31(24)2)13-27-21(32)11-9-15-6-4-5-7-17(15)25/h4-12H,3,13-14H2,1-2H3,(H,27,32)(H,28,33). The summed E-state index contributed by atoms with van der Waals surface area (Å²) < 4.78 is 6.65. The Kier molecular flexibility index (Phi) is 9.92. The van der Waals surface area contributed by atoms with Gasteiger partial charge in [-0.3, -0.25) is 9.59 Å². The van der Waals surface area contributed by atoms with Crippen molar-refractivity contribution in [3.63, 3.8) is 0 Å². The molecule has 188 valence electrons. The molecule has 3 aromatic rings. The Balaban J connectivity index is 1.52. The zero-order valence-electron chi connectivity index (χ0n) is 19.5. The molecule has 0 radical (unpaired) electrons. The summed E-state index contributed by atoms with van der Waals surface area (Å²) >= 11 is 13.4. The summed E-state index contributed by atoms with van der Waals surface area (Å²) in [4.78, 5) is 36.5. The van der Waals surface area contributed by atoms with E-state index in [0.717, 1.165) is 17.3 Å². The third-order valence-electron chi connectivity index (χ3n) is 4.75. The van der Waals surface area contributed by atoms with E-state index in [1.165, 1.54) is 24.3 Å². The summed E-state index contributed by atoms with van der Waals surface area (Å²) in [5, 5.41) is 14.9. The summed E-state index contributed by atoms with van der Waals surface area (Å²) in [6.07, 6.45) is 3.02. The number of benzene rings is 2. The number of nitrogens with zero attached hydrogens (tertiary/aromatic N) is 3. The molecular formula is C24H23Cl2N5O4S. The number of esters is 1. The number of ether oxygens (including phenoxy) is 1. The van der Waals surface area contributed by atoms with Crippen LogP contribution in [0.5, 0.6) is 0 Å². The summed E-state index contributed by atoms with van der Waals surface area (Å²) in [5.74, 6) is -0.614. The van der Waals surface area contributed by atoms with Gasteiger partial charge in [-0.05, 0) is 42.8 Å². The Labute approximate surface area is 222 Å². The van der Waals surface area contributed by atoms with E-state index in [4.69, 9.17) is 27.9 Å². The van der Waals surface area contributed by atoms with Gasteiger partial charge in [0.05, 0.1) is 35.2 Å². The third-order valence-corrected chi connectivity index (χ3v) is 6.44. The van der Waals surface area contributed by atoms with Gasteiger partial charge in [0.25, 0.3) is 0 Å². The summed E-state index contributed by atoms with van der Waals surface area (Å²) in [5.41, 5.74) is 1.32. The SMILES string of the molecule is CCOC(=O)c1ccc(Cl)c(NC(=O)CSc2nnc(CNC(=O)C=Cc3ccccc3Cl)n2C)c1. The molecule has 0 atom stereocenters. The number of hydrogen-bond acceptors (Lipinski definition) is 7. The van der Waals surface area contributed by atoms with Gasteiger partial charge in [0.2, 0.25) is 11.8 Å². The van der Waals surface area contributed by atoms with Gasteiger partial charge in [-0.25, -0.2) is 4.79 Å². The van der Waals surface area contributed by atoms with Gasteiger partial charge in [-0.2, -0.15) is 0 Å². The van der Waals surface area contributed by atoms with Crippen molar-refractivity contribution in [3.05, 3.63) is 75.5 Å². The van der Waals surface area contributed by atoms with E-state index < -0.39 is 5.97 Å². The normalized spacial score (nSPS) is 10.9. The second-order valence-electron chi connectivity index (χ2n) is 7.28. The molecule has 36 heavy (non-hydrogen) atoms. The van der Waals surface area contributed by atoms with Gasteiger partial charge in [0, 0.05) is 18.1 Å². The average molecular weight is 548 g/mol. The van der Waals surface area contributed by atoms with Crippen molar-refractivity contribution < 1.29 is 19.1 Å². The number of carbonyl (C=O) groups excluding carboxylic acids is 3. The smallest absolute Gasteiger partial charge is 0.338 e. The molecule has 0 unspecified atom stereocenters. The maximum Gasteiger partial charge on any atom is 0.338 e. The molecule has 9 nitrogen and oxygen atoms in total. The van der Waals surface area contributed by atoms with Crippen LogP contribution >= 0.6 is 35.0 Å². The topological polar surface area (TPSA) is 115 Å². The Morgan fingerprint density at radius 1 is 1.11 bits per heavy atom. The molecule has 0 spiro atoms. The number of thioether (sulfide) groups is 1. The molecule has 12 heteroatoms. The van der Waals surface area contributed by atoms with Gasteiger partial charge in [-0.15, -0.1) is 10.2 Å². The molecule has 3 rings (SSSR count). The van der Waals surface area contributed by atoms with Gasteiger partial charge in [0.1, 0.15) is 0 Å². The van der Waals surface area contributed by atoms with Crippen LogP contribution in [-0.2, 0) is 27.9 Å². The summed E-state index contributed by atoms with van der Waals surface area (Å²) in [6.45, 7) is 2.10. The molecule has 0 aliphatic heterocycles. The van der Waals surface area contributed by atoms with E-state index in [1.807, 2.05) is 12.1 Å². The van der Waals surface area contributed by atoms with Crippen molar-refractivity contribution in [3.8, 4) is 0 Å². The number of rotatable bonds is 10. The number of amides is 2. The third kappa shape index (κ3) is 7.58. The number of carbonyl (C=O) groups is 3. The van der Waals surface area contributed by atoms with E-state index in [-0.39, 0.29) is 36.3 Å². The first-order valence-electron chi connectivity index (χ1n) is 10.8. The largest absolute Gasteiger partial charge is 0.462 e. The minimum absolute atomic E-state index is 0.0267. The molecular weight excluding hydrogens is 525 g/mol. The van der Waals surface area contributed by atoms with Crippen LogP contribution in [0.25, 0.3) is 6.08 Å². The van der Waals surface area contributed by atoms with Crippen LogP contribution in [-0.4, -0.2) is 44.9 Å². The monoisotopic (exact) mass is 547 g/mol. The molecule has 0 saturated carbocycles. The van der Waals surface area contributed by atoms with Gasteiger partial charge in [-0.1, -0.05) is 53.2 Å². The Hall–Kier alpha value is -3.34. The molecule has 0 aliphatic rings. The van der Waals surface area contributed by atoms with Crippen molar-refractivity contribution in [2.45, 2.75) is 18.6 Å². The predicted molar refractivity (Wildman–Crippen MR) is 140 cm³/mol. The van der Waals surface area contributed by atoms with Crippen molar-refractivity contribution in [1.29, 1.82) is 0 Å². The lowest BCUT2D eigenvalue weighted by Gasteiger charge is -2.09. The van der Waals surface area contributed by atoms with Gasteiger partial charge in [0.15, 0.2) is 11.0 Å². The fourth-order valence-electron chi connectivity index (χ4n) is 2.90. The zero-order chi connectivity index (χ0) is 26.1. The quantitative estimate of drug-likeness (QED) is 0.220. The van der Waals surface area contributed by atoms with Crippen LogP contribution in [0.3, 0.4) is 0 Å². The first-order valence-corrected chi connectivity index (χ1v) is 12.5. The number of aromatic nitrogens is 3. The fourth-order valence-corrected chi connectivity index (χ4v) is 4.00. The molecule has 2 aromatic carbocycles. The van der Waals surface area contributed by atoms with E-state index in [0.29, 0.717) is 26.7 Å². The van der Waals surface area contributed by atoms with Gasteiger partial charge < -0.3 is 19.9 Å². The summed E-state index contributed by atoms with van der Waals surface area (Å²) in [6, 6.07) is 11.7. The second kappa shape index (κ2) is 13.1. The molecule has 0 saturated heterocycles. The maximum atomic E-state index is 12.5. The number of hydrogen-bond donors (Lipinski definition) is 2. The molecule has 0 bridgehead atoms. The number of anilines is 1. The lowest BCUT2D eigenvalue weighted by molar-refractivity contribution is -0.116. The highest BCUT2D eigenvalue weighted by molar-refractivity contribution is 7.99. The van der Waals surface area contributed by atoms with Crippen molar-refractivity contribution >= 4 is 64.5 Å². The Morgan fingerprint density at radius 3 is 2.64 bits per heavy atom. The minimum atomic E-state index is -0.503. The van der Waals surface area contributed by atoms with E-state index in [1.54, 1.807) is 36.7 Å². The van der Waals surface area contributed by atoms with Crippen molar-refractivity contribution in [2.75, 3.05) is 17.7 Å². The molecule has 2 amide bonds. The van der Waals surface area contributed by atoms with Crippen LogP contribution in [0.15, 0.2) is 53.7 Å². The first kappa shape index (κ1) is 27.3. The lowest BCUT2D eigenvalue weighted by atomic mass is 10.2. The van der Waals surface area contributed by atoms with Gasteiger partial charge >= 0.3 is 5.97 Å². The van der Waals surface area contributed by atoms with Crippen LogP contribution in [0.4, 0.5) is 5.69 Å². The van der Waals surface area contributed by atoms with E-state index in [9.17, 15) is 14.4 Å². The van der Waals surface area contributed by atoms with Crippen LogP contribution in [0.2, 0.25) is 10.0 Å². The van der Waals surface area contributed by atoms with Crippen LogP contribution in [0.1, 0.15) is 28.7 Å². The first-order chi connectivity index (χ1) is 17.3. The second-order valence-corrected chi connectivity index (χ2v) is 9.04. The maximum absolute atomic E-state index is 12.5. The van der Waals surface area contributed by atoms with Crippen molar-refractivity contribution in [2.24, 2.45) is 7.05 Å². The highest BCUT2D eigenvalue weighted by atomic mass is 35.5. The minimum Gasteiger partial charge on any atom is -0.462 e. The Morgan fingerprint density at radius 2 is 1.89 bits per heavy atom. The van der Waals surface area contributed by atoms with E-state index >= 15 is 0 Å². The number of nitrogens with one attached hydrogen (secondary N) is 2. The Bertz CT molecular complexity index is 1300. The molecule has 1 aromatic heterocycles. The fraction of sp³-hybridized carbons (Fsp3) is 0.208. The van der Waals surface area contributed by atoms with Crippen LogP contribution in [0, 0.1) is 0 Å². The van der Waals surface area contributed by atoms with Crippen molar-refractivity contribution in [1.82, 2.24) is 20.1 Å². The average Bonchev–Trinajstić information content (AvgIpc) is 3.21. The molecule has 0 fully saturated rings. The summed E-state index contributed by atoms with van der Waals surface area (Å²) in [7, 11) is 1.74. The zero-order valence-corrected chi connectivity index (χ0v) is 21.8.